The molecule has 8 aromatic carbocycles. The minimum Gasteiger partial charge on any atom is -0.311 e. The van der Waals surface area contributed by atoms with E-state index in [9.17, 15) is 0 Å². The van der Waals surface area contributed by atoms with Crippen LogP contribution in [-0.4, -0.2) is 4.57 Å². The van der Waals surface area contributed by atoms with Crippen LogP contribution in [0.2, 0.25) is 0 Å². The van der Waals surface area contributed by atoms with Crippen LogP contribution < -0.4 is 4.90 Å². The van der Waals surface area contributed by atoms with Gasteiger partial charge in [-0.15, -0.1) is 0 Å². The van der Waals surface area contributed by atoms with Crippen molar-refractivity contribution >= 4 is 38.9 Å². The molecule has 0 amide bonds. The molecule has 278 valence electrons. The Balaban J connectivity index is 0.976. The van der Waals surface area contributed by atoms with Crippen molar-refractivity contribution in [3.63, 3.8) is 0 Å². The number of hydrogen-bond acceptors (Lipinski definition) is 1. The lowest BCUT2D eigenvalue weighted by Gasteiger charge is -2.36. The van der Waals surface area contributed by atoms with Crippen LogP contribution >= 0.6 is 0 Å². The summed E-state index contributed by atoms with van der Waals surface area (Å²) in [6, 6.07) is 71.7. The molecule has 2 fully saturated rings. The number of hydrogen-bond donors (Lipinski definition) is 0. The van der Waals surface area contributed by atoms with Gasteiger partial charge in [-0.3, -0.25) is 0 Å². The maximum Gasteiger partial charge on any atom is 0.0547 e. The molecule has 9 aromatic rings. The summed E-state index contributed by atoms with van der Waals surface area (Å²) in [6.07, 6.45) is 5.58. The molecule has 0 spiro atoms. The lowest BCUT2D eigenvalue weighted by Crippen LogP contribution is -2.22. The molecule has 58 heavy (non-hydrogen) atoms. The van der Waals surface area contributed by atoms with Crippen LogP contribution in [-0.2, 0) is 0 Å². The number of nitrogens with zero attached hydrogens (tertiary/aromatic N) is 2. The summed E-state index contributed by atoms with van der Waals surface area (Å²) in [7, 11) is 0. The topological polar surface area (TPSA) is 8.17 Å². The Morgan fingerprint density at radius 1 is 0.379 bits per heavy atom. The summed E-state index contributed by atoms with van der Waals surface area (Å²) >= 11 is 0. The molecular formula is C56H44N2. The van der Waals surface area contributed by atoms with E-state index in [1.54, 1.807) is 11.1 Å². The van der Waals surface area contributed by atoms with Crippen molar-refractivity contribution < 1.29 is 0 Å². The zero-order chi connectivity index (χ0) is 38.2. The normalized spacial score (nSPS) is 19.1. The zero-order valence-corrected chi connectivity index (χ0v) is 32.5. The number of para-hydroxylation sites is 1. The fourth-order valence-electron chi connectivity index (χ4n) is 11.1. The number of benzene rings is 8. The summed E-state index contributed by atoms with van der Waals surface area (Å²) in [5.74, 6) is 3.23. The summed E-state index contributed by atoms with van der Waals surface area (Å²) < 4.78 is 2.56. The highest BCUT2D eigenvalue weighted by atomic mass is 15.1. The van der Waals surface area contributed by atoms with Crippen LogP contribution in [0.1, 0.15) is 48.6 Å². The second-order valence-electron chi connectivity index (χ2n) is 17.0. The molecule has 1 heterocycles. The first kappa shape index (κ1) is 33.5. The summed E-state index contributed by atoms with van der Waals surface area (Å²) in [5, 5.41) is 2.73. The second-order valence-corrected chi connectivity index (χ2v) is 17.0. The molecule has 0 radical (unpaired) electrons. The van der Waals surface area contributed by atoms with Gasteiger partial charge in [-0.2, -0.15) is 0 Å². The van der Waals surface area contributed by atoms with Gasteiger partial charge in [0.1, 0.15) is 0 Å². The van der Waals surface area contributed by atoms with Crippen molar-refractivity contribution in [2.75, 3.05) is 4.90 Å². The third kappa shape index (κ3) is 5.54. The lowest BCUT2D eigenvalue weighted by atomic mass is 9.69. The van der Waals surface area contributed by atoms with E-state index in [-0.39, 0.29) is 0 Å². The average molecular weight is 745 g/mol. The molecule has 12 rings (SSSR count). The summed E-state index contributed by atoms with van der Waals surface area (Å²) in [4.78, 5) is 2.35. The van der Waals surface area contributed by atoms with Gasteiger partial charge in [-0.25, -0.2) is 0 Å². The predicted molar refractivity (Wildman–Crippen MR) is 243 cm³/mol. The quantitative estimate of drug-likeness (QED) is 0.158. The van der Waals surface area contributed by atoms with Crippen LogP contribution in [0.3, 0.4) is 0 Å². The third-order valence-electron chi connectivity index (χ3n) is 13.7. The minimum absolute atomic E-state index is 0.704. The Morgan fingerprint density at radius 2 is 0.931 bits per heavy atom. The second kappa shape index (κ2) is 13.5. The molecule has 4 atom stereocenters. The first-order chi connectivity index (χ1) is 28.7. The van der Waals surface area contributed by atoms with E-state index in [1.165, 1.54) is 86.6 Å². The van der Waals surface area contributed by atoms with Crippen molar-refractivity contribution in [3.8, 4) is 39.1 Å². The lowest BCUT2D eigenvalue weighted by molar-refractivity contribution is 0.297. The molecule has 1 aromatic heterocycles. The van der Waals surface area contributed by atoms with Gasteiger partial charge in [0, 0.05) is 33.5 Å². The van der Waals surface area contributed by atoms with E-state index < -0.39 is 0 Å². The Hall–Kier alpha value is -6.64. The van der Waals surface area contributed by atoms with E-state index in [0.29, 0.717) is 5.92 Å². The van der Waals surface area contributed by atoms with Crippen LogP contribution in [0.15, 0.2) is 194 Å². The SMILES string of the molecule is c1ccc(-c2ccc(N(c3ccccc3)c3ccc(-c4ccc5c6cc7c(cc6n(-c6cccc(-c8ccccc8)c6)c5c4)C4CC5CC(C4)C7C5)cc3)cc2)cc1. The number of anilines is 3. The van der Waals surface area contributed by atoms with Crippen molar-refractivity contribution in [1.82, 2.24) is 4.57 Å². The Kier molecular flexibility index (Phi) is 7.79. The fraction of sp³-hybridized carbons (Fsp3) is 0.143. The first-order valence-corrected chi connectivity index (χ1v) is 21.1. The largest absolute Gasteiger partial charge is 0.311 e. The molecule has 3 aliphatic rings. The summed E-state index contributed by atoms with van der Waals surface area (Å²) in [6.45, 7) is 0. The van der Waals surface area contributed by atoms with Crippen molar-refractivity contribution in [3.05, 3.63) is 205 Å². The van der Waals surface area contributed by atoms with Crippen LogP contribution in [0.25, 0.3) is 60.9 Å². The molecule has 0 saturated heterocycles. The van der Waals surface area contributed by atoms with Crippen LogP contribution in [0, 0.1) is 11.8 Å². The van der Waals surface area contributed by atoms with E-state index in [4.69, 9.17) is 0 Å². The molecule has 4 unspecified atom stereocenters. The Morgan fingerprint density at radius 3 is 1.64 bits per heavy atom. The Bertz CT molecular complexity index is 2940. The fourth-order valence-corrected chi connectivity index (χ4v) is 11.1. The van der Waals surface area contributed by atoms with Gasteiger partial charge in [0.25, 0.3) is 0 Å². The van der Waals surface area contributed by atoms with Gasteiger partial charge in [0.2, 0.25) is 0 Å². The summed E-state index contributed by atoms with van der Waals surface area (Å²) in [5.41, 5.74) is 17.9. The van der Waals surface area contributed by atoms with Crippen molar-refractivity contribution in [2.24, 2.45) is 11.8 Å². The maximum absolute atomic E-state index is 2.63. The highest BCUT2D eigenvalue weighted by Gasteiger charge is 2.47. The molecule has 2 heteroatoms. The predicted octanol–water partition coefficient (Wildman–Crippen LogP) is 15.3. The number of aromatic nitrogens is 1. The molecule has 3 bridgehead atoms. The van der Waals surface area contributed by atoms with E-state index >= 15 is 0 Å². The van der Waals surface area contributed by atoms with Gasteiger partial charge in [-0.05, 0) is 161 Å². The molecule has 0 aliphatic heterocycles. The molecule has 3 aliphatic carbocycles. The van der Waals surface area contributed by atoms with Crippen molar-refractivity contribution in [1.29, 1.82) is 0 Å². The smallest absolute Gasteiger partial charge is 0.0547 e. The van der Waals surface area contributed by atoms with Gasteiger partial charge < -0.3 is 9.47 Å². The van der Waals surface area contributed by atoms with Crippen molar-refractivity contribution in [2.45, 2.75) is 37.5 Å². The highest BCUT2D eigenvalue weighted by molar-refractivity contribution is 6.11. The third-order valence-corrected chi connectivity index (χ3v) is 13.7. The van der Waals surface area contributed by atoms with E-state index in [2.05, 4.69) is 204 Å². The molecule has 0 N–H and O–H groups in total. The number of rotatable bonds is 7. The average Bonchev–Trinajstić information content (AvgIpc) is 3.74. The zero-order valence-electron chi connectivity index (χ0n) is 32.5. The minimum atomic E-state index is 0.704. The molecule has 2 nitrogen and oxygen atoms in total. The van der Waals surface area contributed by atoms with E-state index in [1.807, 2.05) is 0 Å². The van der Waals surface area contributed by atoms with Gasteiger partial charge in [-0.1, -0.05) is 127 Å². The molecule has 2 saturated carbocycles. The van der Waals surface area contributed by atoms with Crippen LogP contribution in [0.5, 0.6) is 0 Å². The number of fused-ring (bicyclic) bond motifs is 8. The standard InChI is InChI=1S/C56H44N2/c1-4-11-38(12-5-1)40-19-24-47(25-20-40)57(46-16-8-3-9-17-46)48-26-21-41(22-27-48)43-23-28-50-54-35-53-51-31-37-29-44(51)32-45(30-37)52(53)36-56(54)58(55(50)34-43)49-18-10-15-42(33-49)39-13-6-2-7-14-39/h1-28,33-37,44-45,51H,29-32H2. The first-order valence-electron chi connectivity index (χ1n) is 21.1. The van der Waals surface area contributed by atoms with E-state index in [0.717, 1.165) is 34.8 Å². The Labute approximate surface area is 340 Å². The maximum atomic E-state index is 2.63. The van der Waals surface area contributed by atoms with Gasteiger partial charge >= 0.3 is 0 Å². The van der Waals surface area contributed by atoms with Crippen LogP contribution in [0.4, 0.5) is 17.1 Å². The highest BCUT2D eigenvalue weighted by Crippen LogP contribution is 2.61. The molecular weight excluding hydrogens is 701 g/mol. The van der Waals surface area contributed by atoms with Gasteiger partial charge in [0.15, 0.2) is 0 Å². The monoisotopic (exact) mass is 744 g/mol. The van der Waals surface area contributed by atoms with Gasteiger partial charge in [0.05, 0.1) is 11.0 Å².